The molecule has 3 aromatic rings. The highest BCUT2D eigenvalue weighted by molar-refractivity contribution is 7.18. The van der Waals surface area contributed by atoms with Gasteiger partial charge in [0.1, 0.15) is 5.01 Å². The largest absolute Gasteiger partial charge is 0.325 e. The van der Waals surface area contributed by atoms with Gasteiger partial charge in [0.15, 0.2) is 0 Å². The number of carbonyl (C=O) groups excluding carboxylic acids is 1. The van der Waals surface area contributed by atoms with Gasteiger partial charge in [-0.2, -0.15) is 0 Å². The van der Waals surface area contributed by atoms with Crippen LogP contribution in [0.4, 0.5) is 5.69 Å². The first kappa shape index (κ1) is 17.2. The lowest BCUT2D eigenvalue weighted by atomic mass is 10.3. The number of para-hydroxylation sites is 1. The zero-order valence-electron chi connectivity index (χ0n) is 12.9. The molecule has 0 bridgehead atoms. The van der Waals surface area contributed by atoms with Gasteiger partial charge in [0, 0.05) is 15.7 Å². The molecule has 4 nitrogen and oxygen atoms in total. The Morgan fingerprint density at radius 2 is 1.92 bits per heavy atom. The highest BCUT2D eigenvalue weighted by Gasteiger charge is 2.11. The van der Waals surface area contributed by atoms with E-state index < -0.39 is 0 Å². The molecule has 0 aliphatic rings. The summed E-state index contributed by atoms with van der Waals surface area (Å²) < 4.78 is 1.15. The number of aromatic nitrogens is 1. The third kappa shape index (κ3) is 4.45. The molecule has 1 amide bonds. The molecule has 0 fully saturated rings. The van der Waals surface area contributed by atoms with E-state index >= 15 is 0 Å². The number of amides is 1. The third-order valence-corrected chi connectivity index (χ3v) is 4.76. The van der Waals surface area contributed by atoms with Crippen molar-refractivity contribution in [2.45, 2.75) is 6.54 Å². The number of thiazole rings is 1. The first-order valence-corrected chi connectivity index (χ1v) is 8.86. The number of rotatable bonds is 5. The SMILES string of the molecule is CN(CC(=O)Nc1cc(Cl)cc(Cl)c1)Cc1nc2ccccc2s1. The van der Waals surface area contributed by atoms with E-state index in [1.165, 1.54) is 0 Å². The molecule has 1 N–H and O–H groups in total. The number of halogens is 2. The fraction of sp³-hybridized carbons (Fsp3) is 0.176. The Bertz CT molecular complexity index is 828. The maximum absolute atomic E-state index is 12.2. The standard InChI is InChI=1S/C17H15Cl2N3OS/c1-22(10-17-21-14-4-2-3-5-15(14)24-17)9-16(23)20-13-7-11(18)6-12(19)8-13/h2-8H,9-10H2,1H3,(H,20,23). The fourth-order valence-corrected chi connectivity index (χ4v) is 3.92. The molecule has 24 heavy (non-hydrogen) atoms. The molecule has 0 spiro atoms. The maximum Gasteiger partial charge on any atom is 0.238 e. The van der Waals surface area contributed by atoms with Gasteiger partial charge in [-0.15, -0.1) is 11.3 Å². The second-order valence-corrected chi connectivity index (χ2v) is 7.44. The molecule has 1 aromatic heterocycles. The van der Waals surface area contributed by atoms with Crippen LogP contribution in [0.3, 0.4) is 0 Å². The molecule has 2 aromatic carbocycles. The average molecular weight is 380 g/mol. The molecule has 0 aliphatic heterocycles. The molecular formula is C17H15Cl2N3OS. The van der Waals surface area contributed by atoms with Gasteiger partial charge in [-0.05, 0) is 37.4 Å². The summed E-state index contributed by atoms with van der Waals surface area (Å²) in [4.78, 5) is 18.6. The molecular weight excluding hydrogens is 365 g/mol. The van der Waals surface area contributed by atoms with Crippen molar-refractivity contribution >= 4 is 56.3 Å². The van der Waals surface area contributed by atoms with E-state index in [1.54, 1.807) is 29.5 Å². The lowest BCUT2D eigenvalue weighted by molar-refractivity contribution is -0.117. The number of carbonyl (C=O) groups is 1. The number of hydrogen-bond acceptors (Lipinski definition) is 4. The van der Waals surface area contributed by atoms with Crippen molar-refractivity contribution in [3.05, 3.63) is 57.5 Å². The van der Waals surface area contributed by atoms with E-state index in [1.807, 2.05) is 36.2 Å². The summed E-state index contributed by atoms with van der Waals surface area (Å²) in [5.74, 6) is -0.128. The Hall–Kier alpha value is -1.66. The van der Waals surface area contributed by atoms with Crippen LogP contribution in [0.1, 0.15) is 5.01 Å². The number of nitrogens with zero attached hydrogens (tertiary/aromatic N) is 2. The number of likely N-dealkylation sites (N-methyl/N-ethyl adjacent to an activating group) is 1. The van der Waals surface area contributed by atoms with E-state index in [-0.39, 0.29) is 12.5 Å². The van der Waals surface area contributed by atoms with Gasteiger partial charge in [0.25, 0.3) is 0 Å². The molecule has 1 heterocycles. The highest BCUT2D eigenvalue weighted by atomic mass is 35.5. The Morgan fingerprint density at radius 1 is 1.21 bits per heavy atom. The number of nitrogens with one attached hydrogen (secondary N) is 1. The first-order valence-electron chi connectivity index (χ1n) is 7.28. The molecule has 0 atom stereocenters. The van der Waals surface area contributed by atoms with Gasteiger partial charge in [0.05, 0.1) is 23.3 Å². The molecule has 0 saturated carbocycles. The van der Waals surface area contributed by atoms with E-state index in [2.05, 4.69) is 10.3 Å². The monoisotopic (exact) mass is 379 g/mol. The van der Waals surface area contributed by atoms with Crippen molar-refractivity contribution in [3.8, 4) is 0 Å². The van der Waals surface area contributed by atoms with Gasteiger partial charge in [-0.3, -0.25) is 9.69 Å². The van der Waals surface area contributed by atoms with Gasteiger partial charge >= 0.3 is 0 Å². The topological polar surface area (TPSA) is 45.2 Å². The van der Waals surface area contributed by atoms with Crippen molar-refractivity contribution in [1.29, 1.82) is 0 Å². The summed E-state index contributed by atoms with van der Waals surface area (Å²) in [5, 5.41) is 4.76. The molecule has 0 aliphatic carbocycles. The summed E-state index contributed by atoms with van der Waals surface area (Å²) in [5.41, 5.74) is 1.58. The molecule has 0 saturated heterocycles. The summed E-state index contributed by atoms with van der Waals surface area (Å²) in [6.07, 6.45) is 0. The van der Waals surface area contributed by atoms with Crippen LogP contribution in [0.5, 0.6) is 0 Å². The molecule has 0 radical (unpaired) electrons. The van der Waals surface area contributed by atoms with Crippen LogP contribution in [0.25, 0.3) is 10.2 Å². The zero-order chi connectivity index (χ0) is 17.1. The molecule has 3 rings (SSSR count). The second kappa shape index (κ2) is 7.49. The fourth-order valence-electron chi connectivity index (χ4n) is 2.35. The Morgan fingerprint density at radius 3 is 2.62 bits per heavy atom. The Labute approximate surface area is 154 Å². The normalized spacial score (nSPS) is 11.2. The summed E-state index contributed by atoms with van der Waals surface area (Å²) in [6.45, 7) is 0.864. The molecule has 7 heteroatoms. The van der Waals surface area contributed by atoms with Crippen LogP contribution in [0.15, 0.2) is 42.5 Å². The lowest BCUT2D eigenvalue weighted by Gasteiger charge is -2.15. The zero-order valence-corrected chi connectivity index (χ0v) is 15.3. The van der Waals surface area contributed by atoms with Gasteiger partial charge in [0.2, 0.25) is 5.91 Å². The van der Waals surface area contributed by atoms with Crippen LogP contribution in [0.2, 0.25) is 10.0 Å². The minimum atomic E-state index is -0.128. The quantitative estimate of drug-likeness (QED) is 0.700. The van der Waals surface area contributed by atoms with E-state index in [0.29, 0.717) is 22.3 Å². The van der Waals surface area contributed by atoms with Gasteiger partial charge < -0.3 is 5.32 Å². The van der Waals surface area contributed by atoms with Crippen molar-refractivity contribution < 1.29 is 4.79 Å². The van der Waals surface area contributed by atoms with Crippen LogP contribution in [-0.2, 0) is 11.3 Å². The summed E-state index contributed by atoms with van der Waals surface area (Å²) in [6, 6.07) is 13.0. The average Bonchev–Trinajstić information content (AvgIpc) is 2.87. The van der Waals surface area contributed by atoms with Crippen molar-refractivity contribution in [1.82, 2.24) is 9.88 Å². The highest BCUT2D eigenvalue weighted by Crippen LogP contribution is 2.23. The number of benzene rings is 2. The molecule has 0 unspecified atom stereocenters. The number of anilines is 1. The number of fused-ring (bicyclic) bond motifs is 1. The predicted octanol–water partition coefficient (Wildman–Crippen LogP) is 4.67. The van der Waals surface area contributed by atoms with Crippen LogP contribution < -0.4 is 5.32 Å². The van der Waals surface area contributed by atoms with Crippen molar-refractivity contribution in [3.63, 3.8) is 0 Å². The van der Waals surface area contributed by atoms with Crippen LogP contribution >= 0.6 is 34.5 Å². The van der Waals surface area contributed by atoms with Crippen LogP contribution in [-0.4, -0.2) is 29.4 Å². The second-order valence-electron chi connectivity index (χ2n) is 5.45. The maximum atomic E-state index is 12.2. The van der Waals surface area contributed by atoms with Crippen molar-refractivity contribution in [2.75, 3.05) is 18.9 Å². The Kier molecular flexibility index (Phi) is 5.36. The van der Waals surface area contributed by atoms with E-state index in [4.69, 9.17) is 23.2 Å². The Balaban J connectivity index is 1.59. The number of hydrogen-bond donors (Lipinski definition) is 1. The summed E-state index contributed by atoms with van der Waals surface area (Å²) >= 11 is 13.5. The van der Waals surface area contributed by atoms with Gasteiger partial charge in [-0.25, -0.2) is 4.98 Å². The smallest absolute Gasteiger partial charge is 0.238 e. The predicted molar refractivity (Wildman–Crippen MR) is 101 cm³/mol. The lowest BCUT2D eigenvalue weighted by Crippen LogP contribution is -2.29. The summed E-state index contributed by atoms with van der Waals surface area (Å²) in [7, 11) is 1.89. The van der Waals surface area contributed by atoms with E-state index in [0.717, 1.165) is 15.2 Å². The molecule has 124 valence electrons. The van der Waals surface area contributed by atoms with Crippen molar-refractivity contribution in [2.24, 2.45) is 0 Å². The van der Waals surface area contributed by atoms with Gasteiger partial charge in [-0.1, -0.05) is 35.3 Å². The minimum absolute atomic E-state index is 0.128. The van der Waals surface area contributed by atoms with E-state index in [9.17, 15) is 4.79 Å². The third-order valence-electron chi connectivity index (χ3n) is 3.30. The minimum Gasteiger partial charge on any atom is -0.325 e. The first-order chi connectivity index (χ1) is 11.5. The van der Waals surface area contributed by atoms with Crippen LogP contribution in [0, 0.1) is 0 Å².